The van der Waals surface area contributed by atoms with Crippen LogP contribution >= 0.6 is 0 Å². The molecular formula is C20H30O8. The van der Waals surface area contributed by atoms with E-state index in [9.17, 15) is 29.7 Å². The lowest BCUT2D eigenvalue weighted by atomic mass is 9.77. The summed E-state index contributed by atoms with van der Waals surface area (Å²) in [6.45, 7) is 8.47. The van der Waals surface area contributed by atoms with Crippen LogP contribution in [0.4, 0.5) is 0 Å². The molecule has 158 valence electrons. The van der Waals surface area contributed by atoms with Crippen LogP contribution < -0.4 is 0 Å². The molecule has 0 saturated carbocycles. The van der Waals surface area contributed by atoms with Gasteiger partial charge in [-0.3, -0.25) is 4.79 Å². The number of carbonyl (C=O) groups excluding carboxylic acids is 3. The Balaban J connectivity index is 3.30. The number of aliphatic hydroxyl groups excluding tert-OH is 2. The van der Waals surface area contributed by atoms with Gasteiger partial charge in [-0.25, -0.2) is 9.59 Å². The van der Waals surface area contributed by atoms with Crippen LogP contribution in [0.5, 0.6) is 0 Å². The first-order chi connectivity index (χ1) is 12.9. The average molecular weight is 398 g/mol. The number of carbonyl (C=O) groups is 3. The van der Waals surface area contributed by atoms with Gasteiger partial charge in [-0.1, -0.05) is 19.9 Å². The zero-order valence-corrected chi connectivity index (χ0v) is 17.1. The SMILES string of the molecule is C/C=C(/C)C(=O)O[C@@H]1C=C(CO)C(=O)[C@@H](OC(=O)[C@@](C)(O)[C@@H](C)O)[C@@H]1C(C)C. The number of ketones is 1. The fourth-order valence-electron chi connectivity index (χ4n) is 2.77. The van der Waals surface area contributed by atoms with E-state index in [4.69, 9.17) is 9.47 Å². The van der Waals surface area contributed by atoms with Gasteiger partial charge in [0, 0.05) is 17.1 Å². The van der Waals surface area contributed by atoms with E-state index in [0.29, 0.717) is 5.57 Å². The quantitative estimate of drug-likeness (QED) is 0.422. The minimum Gasteiger partial charge on any atom is -0.454 e. The van der Waals surface area contributed by atoms with Gasteiger partial charge in [0.05, 0.1) is 12.7 Å². The van der Waals surface area contributed by atoms with Crippen molar-refractivity contribution in [3.63, 3.8) is 0 Å². The van der Waals surface area contributed by atoms with Crippen LogP contribution in [0, 0.1) is 11.8 Å². The molecule has 1 rings (SSSR count). The molecule has 0 unspecified atom stereocenters. The second-order valence-corrected chi connectivity index (χ2v) is 7.53. The van der Waals surface area contributed by atoms with E-state index in [1.54, 1.807) is 33.8 Å². The Hall–Kier alpha value is -2.03. The highest BCUT2D eigenvalue weighted by atomic mass is 16.6. The number of rotatable bonds is 7. The number of aliphatic hydroxyl groups is 3. The lowest BCUT2D eigenvalue weighted by Gasteiger charge is -2.38. The second-order valence-electron chi connectivity index (χ2n) is 7.53. The highest BCUT2D eigenvalue weighted by Crippen LogP contribution is 2.33. The Kier molecular flexibility index (Phi) is 8.10. The Morgan fingerprint density at radius 3 is 2.29 bits per heavy atom. The first-order valence-corrected chi connectivity index (χ1v) is 9.19. The minimum absolute atomic E-state index is 0.0534. The molecule has 0 fully saturated rings. The maximum atomic E-state index is 12.7. The highest BCUT2D eigenvalue weighted by Gasteiger charge is 2.48. The predicted molar refractivity (Wildman–Crippen MR) is 100.0 cm³/mol. The van der Waals surface area contributed by atoms with E-state index in [1.165, 1.54) is 13.0 Å². The summed E-state index contributed by atoms with van der Waals surface area (Å²) in [6, 6.07) is 0. The van der Waals surface area contributed by atoms with Crippen molar-refractivity contribution in [2.45, 2.75) is 65.5 Å². The van der Waals surface area contributed by atoms with Gasteiger partial charge in [-0.15, -0.1) is 0 Å². The highest BCUT2D eigenvalue weighted by molar-refractivity contribution is 6.02. The number of Topliss-reactive ketones (excluding diaryl/α,β-unsaturated/α-hetero) is 1. The number of ether oxygens (including phenoxy) is 2. The fraction of sp³-hybridized carbons (Fsp3) is 0.650. The molecule has 0 saturated heterocycles. The molecule has 0 radical (unpaired) electrons. The summed E-state index contributed by atoms with van der Waals surface area (Å²) >= 11 is 0. The van der Waals surface area contributed by atoms with Gasteiger partial charge in [0.2, 0.25) is 5.78 Å². The third-order valence-electron chi connectivity index (χ3n) is 5.07. The first kappa shape index (κ1) is 24.0. The molecule has 0 aromatic carbocycles. The van der Waals surface area contributed by atoms with E-state index < -0.39 is 54.2 Å². The molecule has 1 aliphatic rings. The third-order valence-corrected chi connectivity index (χ3v) is 5.07. The van der Waals surface area contributed by atoms with Crippen LogP contribution in [0.1, 0.15) is 41.5 Å². The number of esters is 2. The lowest BCUT2D eigenvalue weighted by molar-refractivity contribution is -0.188. The summed E-state index contributed by atoms with van der Waals surface area (Å²) in [4.78, 5) is 37.3. The van der Waals surface area contributed by atoms with Crippen molar-refractivity contribution >= 4 is 17.7 Å². The van der Waals surface area contributed by atoms with E-state index in [1.807, 2.05) is 0 Å². The third kappa shape index (κ3) is 5.06. The van der Waals surface area contributed by atoms with Crippen molar-refractivity contribution in [1.82, 2.24) is 0 Å². The van der Waals surface area contributed by atoms with Gasteiger partial charge in [0.15, 0.2) is 11.7 Å². The van der Waals surface area contributed by atoms with Crippen molar-refractivity contribution in [3.8, 4) is 0 Å². The Bertz CT molecular complexity index is 672. The summed E-state index contributed by atoms with van der Waals surface area (Å²) in [5, 5.41) is 29.3. The van der Waals surface area contributed by atoms with Crippen LogP contribution in [-0.4, -0.2) is 63.6 Å². The van der Waals surface area contributed by atoms with Crippen molar-refractivity contribution < 1.29 is 39.2 Å². The molecule has 8 nitrogen and oxygen atoms in total. The number of allylic oxidation sites excluding steroid dienone is 1. The minimum atomic E-state index is -2.23. The zero-order valence-electron chi connectivity index (χ0n) is 17.1. The zero-order chi connectivity index (χ0) is 21.8. The molecule has 0 heterocycles. The molecule has 0 aliphatic heterocycles. The molecule has 0 spiro atoms. The summed E-state index contributed by atoms with van der Waals surface area (Å²) in [5.41, 5.74) is -1.91. The molecule has 0 aromatic rings. The van der Waals surface area contributed by atoms with E-state index >= 15 is 0 Å². The summed E-state index contributed by atoms with van der Waals surface area (Å²) in [5.74, 6) is -3.39. The molecule has 3 N–H and O–H groups in total. The van der Waals surface area contributed by atoms with Crippen molar-refractivity contribution in [1.29, 1.82) is 0 Å². The van der Waals surface area contributed by atoms with Crippen LogP contribution in [0.15, 0.2) is 23.3 Å². The molecular weight excluding hydrogens is 368 g/mol. The van der Waals surface area contributed by atoms with Crippen LogP contribution in [0.2, 0.25) is 0 Å². The van der Waals surface area contributed by atoms with Crippen molar-refractivity contribution in [2.75, 3.05) is 6.61 Å². The van der Waals surface area contributed by atoms with Crippen LogP contribution in [-0.2, 0) is 23.9 Å². The Morgan fingerprint density at radius 1 is 1.29 bits per heavy atom. The second kappa shape index (κ2) is 9.45. The van der Waals surface area contributed by atoms with E-state index in [2.05, 4.69) is 0 Å². The summed E-state index contributed by atoms with van der Waals surface area (Å²) in [6.07, 6.45) is -0.792. The standard InChI is InChI=1S/C20H30O8/c1-7-11(4)18(24)27-14-8-13(9-21)16(23)17(15(14)10(2)3)28-19(25)20(6,26)12(5)22/h7-8,10,12,14-15,17,21-22,26H,9H2,1-6H3/b11-7-/t12-,14-,15-,17+,20+/m1/s1. The molecule has 28 heavy (non-hydrogen) atoms. The molecule has 0 bridgehead atoms. The molecule has 8 heteroatoms. The maximum Gasteiger partial charge on any atom is 0.341 e. The smallest absolute Gasteiger partial charge is 0.341 e. The van der Waals surface area contributed by atoms with Crippen molar-refractivity contribution in [2.24, 2.45) is 11.8 Å². The summed E-state index contributed by atoms with van der Waals surface area (Å²) < 4.78 is 10.8. The van der Waals surface area contributed by atoms with Crippen LogP contribution in [0.3, 0.4) is 0 Å². The molecule has 0 aromatic heterocycles. The average Bonchev–Trinajstić information content (AvgIpc) is 2.62. The van der Waals surface area contributed by atoms with Crippen LogP contribution in [0.25, 0.3) is 0 Å². The summed E-state index contributed by atoms with van der Waals surface area (Å²) in [7, 11) is 0. The number of hydrogen-bond acceptors (Lipinski definition) is 8. The number of hydrogen-bond donors (Lipinski definition) is 3. The van der Waals surface area contributed by atoms with Gasteiger partial charge in [0.1, 0.15) is 6.10 Å². The van der Waals surface area contributed by atoms with Gasteiger partial charge in [-0.2, -0.15) is 0 Å². The van der Waals surface area contributed by atoms with Gasteiger partial charge >= 0.3 is 11.9 Å². The normalized spacial score (nSPS) is 26.4. The topological polar surface area (TPSA) is 130 Å². The van der Waals surface area contributed by atoms with E-state index in [0.717, 1.165) is 6.92 Å². The Morgan fingerprint density at radius 2 is 1.86 bits per heavy atom. The van der Waals surface area contributed by atoms with Gasteiger partial charge in [-0.05, 0) is 39.7 Å². The molecule has 0 amide bonds. The predicted octanol–water partition coefficient (Wildman–Crippen LogP) is 0.682. The Labute approximate surface area is 164 Å². The fourth-order valence-corrected chi connectivity index (χ4v) is 2.77. The van der Waals surface area contributed by atoms with Gasteiger partial charge < -0.3 is 24.8 Å². The monoisotopic (exact) mass is 398 g/mol. The van der Waals surface area contributed by atoms with Gasteiger partial charge in [0.25, 0.3) is 0 Å². The maximum absolute atomic E-state index is 12.7. The molecule has 1 aliphatic carbocycles. The lowest BCUT2D eigenvalue weighted by Crippen LogP contribution is -2.53. The van der Waals surface area contributed by atoms with E-state index in [-0.39, 0.29) is 11.5 Å². The largest absolute Gasteiger partial charge is 0.454 e. The molecule has 5 atom stereocenters. The van der Waals surface area contributed by atoms with Crippen molar-refractivity contribution in [3.05, 3.63) is 23.3 Å². The first-order valence-electron chi connectivity index (χ1n) is 9.19.